The fraction of sp³-hybridized carbons (Fsp3) is 0.348. The molecule has 0 fully saturated rings. The van der Waals surface area contributed by atoms with Crippen LogP contribution in [0.25, 0.3) is 16.3 Å². The Morgan fingerprint density at radius 1 is 1.21 bits per heavy atom. The SMILES string of the molecule is CCCN(Cc1nc2ccsc2c(=O)[nH]1)C(=O)/C=C/c1ccc(C(C)(C)C)cc1. The number of carbonyl (C=O) groups is 1. The van der Waals surface area contributed by atoms with Gasteiger partial charge in [0.2, 0.25) is 5.91 Å². The highest BCUT2D eigenvalue weighted by Crippen LogP contribution is 2.22. The van der Waals surface area contributed by atoms with Crippen molar-refractivity contribution < 1.29 is 4.79 Å². The van der Waals surface area contributed by atoms with Crippen molar-refractivity contribution in [3.05, 3.63) is 69.1 Å². The Labute approximate surface area is 175 Å². The summed E-state index contributed by atoms with van der Waals surface area (Å²) in [6, 6.07) is 10.1. The quantitative estimate of drug-likeness (QED) is 0.598. The number of benzene rings is 1. The van der Waals surface area contributed by atoms with Crippen molar-refractivity contribution in [2.45, 2.75) is 46.1 Å². The van der Waals surface area contributed by atoms with E-state index in [2.05, 4.69) is 42.9 Å². The Hall–Kier alpha value is -2.73. The molecule has 0 aliphatic heterocycles. The van der Waals surface area contributed by atoms with Crippen LogP contribution < -0.4 is 5.56 Å². The lowest BCUT2D eigenvalue weighted by molar-refractivity contribution is -0.126. The fourth-order valence-corrected chi connectivity index (χ4v) is 3.81. The zero-order valence-corrected chi connectivity index (χ0v) is 18.2. The van der Waals surface area contributed by atoms with Gasteiger partial charge in [0.05, 0.1) is 12.1 Å². The molecule has 2 aromatic heterocycles. The third-order valence-electron chi connectivity index (χ3n) is 4.70. The van der Waals surface area contributed by atoms with E-state index in [0.29, 0.717) is 22.6 Å². The number of fused-ring (bicyclic) bond motifs is 1. The van der Waals surface area contributed by atoms with Crippen molar-refractivity contribution in [2.24, 2.45) is 0 Å². The summed E-state index contributed by atoms with van der Waals surface area (Å²) in [6.45, 7) is 9.42. The first-order valence-electron chi connectivity index (χ1n) is 9.82. The molecule has 0 saturated carbocycles. The van der Waals surface area contributed by atoms with Crippen LogP contribution in [0.15, 0.2) is 46.6 Å². The molecular weight excluding hydrogens is 382 g/mol. The summed E-state index contributed by atoms with van der Waals surface area (Å²) < 4.78 is 0.612. The number of nitrogens with zero attached hydrogens (tertiary/aromatic N) is 2. The highest BCUT2D eigenvalue weighted by Gasteiger charge is 2.14. The first-order valence-corrected chi connectivity index (χ1v) is 10.7. The molecule has 0 unspecified atom stereocenters. The van der Waals surface area contributed by atoms with Crippen LogP contribution in [0.2, 0.25) is 0 Å². The maximum absolute atomic E-state index is 12.8. The van der Waals surface area contributed by atoms with Crippen LogP contribution in [0.4, 0.5) is 0 Å². The maximum Gasteiger partial charge on any atom is 0.268 e. The maximum atomic E-state index is 12.8. The molecule has 3 aromatic rings. The predicted octanol–water partition coefficient (Wildman–Crippen LogP) is 4.73. The predicted molar refractivity (Wildman–Crippen MR) is 120 cm³/mol. The molecule has 5 nitrogen and oxygen atoms in total. The molecule has 152 valence electrons. The summed E-state index contributed by atoms with van der Waals surface area (Å²) in [6.07, 6.45) is 4.24. The molecule has 0 saturated heterocycles. The summed E-state index contributed by atoms with van der Waals surface area (Å²) in [5.74, 6) is 0.408. The van der Waals surface area contributed by atoms with E-state index < -0.39 is 0 Å². The van der Waals surface area contributed by atoms with Crippen molar-refractivity contribution in [1.82, 2.24) is 14.9 Å². The van der Waals surface area contributed by atoms with Crippen molar-refractivity contribution in [3.63, 3.8) is 0 Å². The van der Waals surface area contributed by atoms with E-state index in [4.69, 9.17) is 0 Å². The summed E-state index contributed by atoms with van der Waals surface area (Å²) >= 11 is 1.37. The molecule has 0 radical (unpaired) electrons. The van der Waals surface area contributed by atoms with Gasteiger partial charge in [-0.2, -0.15) is 0 Å². The Kier molecular flexibility index (Phi) is 6.33. The normalized spacial score (nSPS) is 12.0. The Bertz CT molecular complexity index is 1070. The van der Waals surface area contributed by atoms with Gasteiger partial charge in [0.1, 0.15) is 10.5 Å². The average Bonchev–Trinajstić information content (AvgIpc) is 3.14. The lowest BCUT2D eigenvalue weighted by Crippen LogP contribution is -2.31. The monoisotopic (exact) mass is 409 g/mol. The summed E-state index contributed by atoms with van der Waals surface area (Å²) in [4.78, 5) is 33.9. The van der Waals surface area contributed by atoms with E-state index >= 15 is 0 Å². The highest BCUT2D eigenvalue weighted by atomic mass is 32.1. The minimum absolute atomic E-state index is 0.0974. The molecule has 0 spiro atoms. The van der Waals surface area contributed by atoms with Gasteiger partial charge in [-0.3, -0.25) is 9.59 Å². The minimum Gasteiger partial charge on any atom is -0.332 e. The number of aromatic amines is 1. The molecule has 0 aliphatic carbocycles. The van der Waals surface area contributed by atoms with Crippen molar-refractivity contribution in [2.75, 3.05) is 6.54 Å². The van der Waals surface area contributed by atoms with Crippen molar-refractivity contribution >= 4 is 33.5 Å². The average molecular weight is 410 g/mol. The molecule has 29 heavy (non-hydrogen) atoms. The van der Waals surface area contributed by atoms with Gasteiger partial charge in [0, 0.05) is 12.6 Å². The topological polar surface area (TPSA) is 66.1 Å². The Morgan fingerprint density at radius 3 is 2.59 bits per heavy atom. The highest BCUT2D eigenvalue weighted by molar-refractivity contribution is 7.17. The van der Waals surface area contributed by atoms with Gasteiger partial charge in [-0.05, 0) is 40.5 Å². The van der Waals surface area contributed by atoms with Crippen LogP contribution in [-0.4, -0.2) is 27.3 Å². The van der Waals surface area contributed by atoms with E-state index in [-0.39, 0.29) is 23.4 Å². The first kappa shape index (κ1) is 21.0. The van der Waals surface area contributed by atoms with E-state index in [9.17, 15) is 9.59 Å². The molecule has 1 N–H and O–H groups in total. The molecule has 3 rings (SSSR count). The summed E-state index contributed by atoms with van der Waals surface area (Å²) in [7, 11) is 0. The number of nitrogens with one attached hydrogen (secondary N) is 1. The molecule has 2 heterocycles. The third kappa shape index (κ3) is 5.21. The van der Waals surface area contributed by atoms with Crippen molar-refractivity contribution in [1.29, 1.82) is 0 Å². The number of hydrogen-bond acceptors (Lipinski definition) is 4. The van der Waals surface area contributed by atoms with Crippen LogP contribution in [0.1, 0.15) is 51.1 Å². The van der Waals surface area contributed by atoms with E-state index in [1.807, 2.05) is 36.6 Å². The number of amides is 1. The summed E-state index contributed by atoms with van der Waals surface area (Å²) in [5.41, 5.74) is 2.86. The molecular formula is C23H27N3O2S. The molecule has 1 amide bonds. The van der Waals surface area contributed by atoms with Gasteiger partial charge in [-0.15, -0.1) is 11.3 Å². The molecule has 1 aromatic carbocycles. The van der Waals surface area contributed by atoms with Gasteiger partial charge in [-0.25, -0.2) is 4.98 Å². The van der Waals surface area contributed by atoms with Crippen LogP contribution in [0.3, 0.4) is 0 Å². The van der Waals surface area contributed by atoms with Gasteiger partial charge < -0.3 is 9.88 Å². The van der Waals surface area contributed by atoms with E-state index in [1.54, 1.807) is 11.0 Å². The number of hydrogen-bond donors (Lipinski definition) is 1. The summed E-state index contributed by atoms with van der Waals surface area (Å²) in [5, 5.41) is 1.85. The van der Waals surface area contributed by atoms with Crippen LogP contribution in [-0.2, 0) is 16.8 Å². The number of aromatic nitrogens is 2. The zero-order chi connectivity index (χ0) is 21.0. The molecule has 0 aliphatic rings. The van der Waals surface area contributed by atoms with Gasteiger partial charge in [0.25, 0.3) is 5.56 Å². The number of thiophene rings is 1. The molecule has 0 bridgehead atoms. The van der Waals surface area contributed by atoms with Crippen LogP contribution in [0.5, 0.6) is 0 Å². The zero-order valence-electron chi connectivity index (χ0n) is 17.4. The van der Waals surface area contributed by atoms with E-state index in [1.165, 1.54) is 16.9 Å². The largest absolute Gasteiger partial charge is 0.332 e. The van der Waals surface area contributed by atoms with Gasteiger partial charge in [0.15, 0.2) is 0 Å². The van der Waals surface area contributed by atoms with Crippen LogP contribution in [0, 0.1) is 0 Å². The lowest BCUT2D eigenvalue weighted by Gasteiger charge is -2.20. The number of carbonyl (C=O) groups excluding carboxylic acids is 1. The Balaban J connectivity index is 1.74. The second kappa shape index (κ2) is 8.74. The van der Waals surface area contributed by atoms with E-state index in [0.717, 1.165) is 12.0 Å². The second-order valence-electron chi connectivity index (χ2n) is 8.11. The Morgan fingerprint density at radius 2 is 1.93 bits per heavy atom. The van der Waals surface area contributed by atoms with Crippen molar-refractivity contribution in [3.8, 4) is 0 Å². The van der Waals surface area contributed by atoms with Gasteiger partial charge in [-0.1, -0.05) is 52.0 Å². The number of H-pyrrole nitrogens is 1. The van der Waals surface area contributed by atoms with Gasteiger partial charge >= 0.3 is 0 Å². The molecule has 6 heteroatoms. The fourth-order valence-electron chi connectivity index (χ4n) is 3.08. The second-order valence-corrected chi connectivity index (χ2v) is 9.03. The lowest BCUT2D eigenvalue weighted by atomic mass is 9.87. The van der Waals surface area contributed by atoms with Crippen LogP contribution >= 0.6 is 11.3 Å². The minimum atomic E-state index is -0.154. The third-order valence-corrected chi connectivity index (χ3v) is 5.61. The number of rotatable bonds is 6. The standard InChI is InChI=1S/C23H27N3O2S/c1-5-13-26(15-19-24-18-12-14-29-21(18)22(28)25-19)20(27)11-8-16-6-9-17(10-7-16)23(2,3)4/h6-12,14H,5,13,15H2,1-4H3,(H,24,25,28)/b11-8+. The molecule has 0 atom stereocenters. The first-order chi connectivity index (χ1) is 13.8. The smallest absolute Gasteiger partial charge is 0.268 e.